The zero-order valence-corrected chi connectivity index (χ0v) is 12.8. The normalized spacial score (nSPS) is 11.1. The van der Waals surface area contributed by atoms with Crippen LogP contribution in [0, 0.1) is 5.82 Å². The van der Waals surface area contributed by atoms with Crippen LogP contribution in [0.5, 0.6) is 0 Å². The number of hydrogen-bond acceptors (Lipinski definition) is 4. The Morgan fingerprint density at radius 1 is 1.38 bits per heavy atom. The van der Waals surface area contributed by atoms with Gasteiger partial charge in [0, 0.05) is 11.8 Å². The van der Waals surface area contributed by atoms with Crippen molar-refractivity contribution in [3.8, 4) is 0 Å². The lowest BCUT2D eigenvalue weighted by Gasteiger charge is -2.10. The van der Waals surface area contributed by atoms with E-state index in [1.807, 2.05) is 0 Å². The van der Waals surface area contributed by atoms with Crippen LogP contribution in [0.4, 0.5) is 10.1 Å². The first-order chi connectivity index (χ1) is 9.81. The van der Waals surface area contributed by atoms with Crippen molar-refractivity contribution >= 4 is 44.5 Å². The van der Waals surface area contributed by atoms with Crippen LogP contribution in [0.3, 0.4) is 0 Å². The van der Waals surface area contributed by atoms with E-state index in [0.29, 0.717) is 5.56 Å². The number of hydrogen-bond donors (Lipinski definition) is 2. The first kappa shape index (κ1) is 15.6. The summed E-state index contributed by atoms with van der Waals surface area (Å²) in [6, 6.07) is 6.62. The van der Waals surface area contributed by atoms with Gasteiger partial charge in [0.1, 0.15) is 4.99 Å². The second-order valence-corrected chi connectivity index (χ2v) is 6.40. The Kier molecular flexibility index (Phi) is 4.40. The van der Waals surface area contributed by atoms with Gasteiger partial charge in [0.2, 0.25) is 5.03 Å². The second kappa shape index (κ2) is 5.92. The molecule has 0 atom stereocenters. The Morgan fingerprint density at radius 3 is 2.71 bits per heavy atom. The number of nitrogens with two attached hydrogens (primary N) is 1. The fourth-order valence-corrected chi connectivity index (χ4v) is 2.95. The highest BCUT2D eigenvalue weighted by atomic mass is 35.5. The predicted octanol–water partition coefficient (Wildman–Crippen LogP) is 2.31. The predicted molar refractivity (Wildman–Crippen MR) is 82.3 cm³/mol. The largest absolute Gasteiger partial charge is 0.389 e. The number of benzene rings is 1. The number of halogens is 2. The molecule has 0 bridgehead atoms. The zero-order chi connectivity index (χ0) is 15.6. The van der Waals surface area contributed by atoms with Gasteiger partial charge in [-0.1, -0.05) is 29.9 Å². The number of sulfonamides is 1. The van der Waals surface area contributed by atoms with Crippen molar-refractivity contribution in [1.82, 2.24) is 4.98 Å². The molecule has 1 heterocycles. The van der Waals surface area contributed by atoms with Crippen LogP contribution in [0.15, 0.2) is 41.6 Å². The third-order valence-corrected chi connectivity index (χ3v) is 4.34. The van der Waals surface area contributed by atoms with Crippen LogP contribution in [0.2, 0.25) is 5.02 Å². The SMILES string of the molecule is NC(=S)c1ccc(Cl)c(NS(=O)(=O)c2ncccc2F)c1. The first-order valence-corrected chi connectivity index (χ1v) is 7.81. The van der Waals surface area contributed by atoms with Crippen LogP contribution >= 0.6 is 23.8 Å². The molecule has 0 saturated heterocycles. The third-order valence-electron chi connectivity index (χ3n) is 2.47. The van der Waals surface area contributed by atoms with E-state index in [4.69, 9.17) is 29.6 Å². The molecule has 0 aliphatic carbocycles. The Hall–Kier alpha value is -1.77. The van der Waals surface area contributed by atoms with Crippen molar-refractivity contribution in [3.63, 3.8) is 0 Å². The summed E-state index contributed by atoms with van der Waals surface area (Å²) < 4.78 is 39.9. The van der Waals surface area contributed by atoms with Crippen molar-refractivity contribution in [1.29, 1.82) is 0 Å². The number of nitrogens with one attached hydrogen (secondary N) is 1. The van der Waals surface area contributed by atoms with Crippen LogP contribution in [-0.4, -0.2) is 18.4 Å². The smallest absolute Gasteiger partial charge is 0.282 e. The van der Waals surface area contributed by atoms with Gasteiger partial charge in [-0.15, -0.1) is 0 Å². The van der Waals surface area contributed by atoms with Crippen molar-refractivity contribution in [2.24, 2.45) is 5.73 Å². The minimum atomic E-state index is -4.21. The van der Waals surface area contributed by atoms with Crippen molar-refractivity contribution < 1.29 is 12.8 Å². The monoisotopic (exact) mass is 345 g/mol. The molecular weight excluding hydrogens is 337 g/mol. The Morgan fingerprint density at radius 2 is 2.10 bits per heavy atom. The topological polar surface area (TPSA) is 85.1 Å². The van der Waals surface area contributed by atoms with Gasteiger partial charge < -0.3 is 5.73 Å². The van der Waals surface area contributed by atoms with E-state index < -0.39 is 20.9 Å². The number of anilines is 1. The van der Waals surface area contributed by atoms with Gasteiger partial charge in [-0.2, -0.15) is 8.42 Å². The van der Waals surface area contributed by atoms with Gasteiger partial charge in [-0.3, -0.25) is 4.72 Å². The highest BCUT2D eigenvalue weighted by Gasteiger charge is 2.21. The molecule has 1 aromatic carbocycles. The maximum absolute atomic E-state index is 13.5. The molecule has 9 heteroatoms. The summed E-state index contributed by atoms with van der Waals surface area (Å²) >= 11 is 10.7. The summed E-state index contributed by atoms with van der Waals surface area (Å²) in [7, 11) is -4.21. The molecule has 0 aliphatic heterocycles. The lowest BCUT2D eigenvalue weighted by atomic mass is 10.2. The zero-order valence-electron chi connectivity index (χ0n) is 10.4. The molecule has 0 saturated carbocycles. The van der Waals surface area contributed by atoms with Crippen LogP contribution in [0.25, 0.3) is 0 Å². The molecule has 0 fully saturated rings. The molecule has 0 amide bonds. The van der Waals surface area contributed by atoms with Gasteiger partial charge in [-0.05, 0) is 24.3 Å². The van der Waals surface area contributed by atoms with E-state index in [9.17, 15) is 12.8 Å². The molecule has 1 aromatic heterocycles. The maximum atomic E-state index is 13.5. The summed E-state index contributed by atoms with van der Waals surface area (Å²) in [4.78, 5) is 3.59. The Bertz CT molecular complexity index is 812. The van der Waals surface area contributed by atoms with Gasteiger partial charge >= 0.3 is 0 Å². The molecule has 110 valence electrons. The standard InChI is InChI=1S/C12H9ClFN3O2S2/c13-8-4-3-7(11(15)20)6-10(8)17-21(18,19)12-9(14)2-1-5-16-12/h1-6,17H,(H2,15,20). The van der Waals surface area contributed by atoms with E-state index in [2.05, 4.69) is 9.71 Å². The highest BCUT2D eigenvalue weighted by Crippen LogP contribution is 2.26. The summed E-state index contributed by atoms with van der Waals surface area (Å²) in [5.41, 5.74) is 5.93. The molecule has 3 N–H and O–H groups in total. The highest BCUT2D eigenvalue weighted by molar-refractivity contribution is 7.92. The molecule has 0 radical (unpaired) electrons. The van der Waals surface area contributed by atoms with E-state index in [-0.39, 0.29) is 15.7 Å². The summed E-state index contributed by atoms with van der Waals surface area (Å²) in [6.07, 6.45) is 1.17. The molecule has 2 aromatic rings. The number of thiocarbonyl (C=S) groups is 1. The van der Waals surface area contributed by atoms with Crippen molar-refractivity contribution in [2.45, 2.75) is 5.03 Å². The fraction of sp³-hybridized carbons (Fsp3) is 0. The third kappa shape index (κ3) is 3.46. The molecular formula is C12H9ClFN3O2S2. The number of rotatable bonds is 4. The van der Waals surface area contributed by atoms with Crippen LogP contribution in [-0.2, 0) is 10.0 Å². The van der Waals surface area contributed by atoms with Crippen molar-refractivity contribution in [3.05, 3.63) is 52.9 Å². The number of pyridine rings is 1. The minimum absolute atomic E-state index is 0.0343. The quantitative estimate of drug-likeness (QED) is 0.830. The van der Waals surface area contributed by atoms with Gasteiger partial charge in [-0.25, -0.2) is 9.37 Å². The fourth-order valence-electron chi connectivity index (χ4n) is 1.52. The molecule has 0 unspecified atom stereocenters. The van der Waals surface area contributed by atoms with Crippen LogP contribution in [0.1, 0.15) is 5.56 Å². The van der Waals surface area contributed by atoms with E-state index in [1.54, 1.807) is 6.07 Å². The van der Waals surface area contributed by atoms with Gasteiger partial charge in [0.25, 0.3) is 10.0 Å². The lowest BCUT2D eigenvalue weighted by molar-refractivity contribution is 0.557. The molecule has 0 aliphatic rings. The first-order valence-electron chi connectivity index (χ1n) is 5.54. The molecule has 2 rings (SSSR count). The Balaban J connectivity index is 2.44. The maximum Gasteiger partial charge on any atom is 0.282 e. The molecule has 0 spiro atoms. The Labute approximate surface area is 131 Å². The minimum Gasteiger partial charge on any atom is -0.389 e. The summed E-state index contributed by atoms with van der Waals surface area (Å²) in [6.45, 7) is 0. The lowest BCUT2D eigenvalue weighted by Crippen LogP contribution is -2.17. The average molecular weight is 346 g/mol. The second-order valence-electron chi connectivity index (χ2n) is 3.95. The summed E-state index contributed by atoms with van der Waals surface area (Å²) in [5, 5.41) is -0.600. The van der Waals surface area contributed by atoms with Gasteiger partial charge in [0.15, 0.2) is 5.82 Å². The molecule has 21 heavy (non-hydrogen) atoms. The number of nitrogens with zero attached hydrogens (tertiary/aromatic N) is 1. The summed E-state index contributed by atoms with van der Waals surface area (Å²) in [5.74, 6) is -0.966. The molecule has 5 nitrogen and oxygen atoms in total. The van der Waals surface area contributed by atoms with Crippen LogP contribution < -0.4 is 10.5 Å². The van der Waals surface area contributed by atoms with E-state index in [1.165, 1.54) is 24.4 Å². The van der Waals surface area contributed by atoms with Gasteiger partial charge in [0.05, 0.1) is 10.7 Å². The van der Waals surface area contributed by atoms with E-state index in [0.717, 1.165) is 6.07 Å². The van der Waals surface area contributed by atoms with E-state index >= 15 is 0 Å². The van der Waals surface area contributed by atoms with Crippen molar-refractivity contribution in [2.75, 3.05) is 4.72 Å². The number of aromatic nitrogens is 1. The average Bonchev–Trinajstić information content (AvgIpc) is 2.41.